The third-order valence-corrected chi connectivity index (χ3v) is 13.3. The fourth-order valence-corrected chi connectivity index (χ4v) is 10.3. The van der Waals surface area contributed by atoms with Gasteiger partial charge in [-0.3, -0.25) is 29.5 Å². The van der Waals surface area contributed by atoms with Crippen LogP contribution in [-0.2, 0) is 24.6 Å². The van der Waals surface area contributed by atoms with Crippen LogP contribution in [0.2, 0.25) is 0 Å². The molecule has 2 saturated heterocycles. The Balaban J connectivity index is 1.13. The van der Waals surface area contributed by atoms with Gasteiger partial charge in [0.2, 0.25) is 17.6 Å². The number of methoxy groups -OCH3 is 4. The van der Waals surface area contributed by atoms with Crippen LogP contribution in [-0.4, -0.2) is 62.2 Å². The van der Waals surface area contributed by atoms with Crippen LogP contribution in [0.3, 0.4) is 0 Å². The molecule has 6 atom stereocenters. The van der Waals surface area contributed by atoms with Gasteiger partial charge in [0, 0.05) is 11.5 Å². The number of rotatable bonds is 11. The van der Waals surface area contributed by atoms with Crippen molar-refractivity contribution < 1.29 is 43.2 Å². The number of hydrazine groups is 1. The summed E-state index contributed by atoms with van der Waals surface area (Å²) in [7, 11) is 6.06. The number of phenolic OH excluding ortho intramolecular Hbond substituents is 1. The van der Waals surface area contributed by atoms with Crippen LogP contribution in [0.25, 0.3) is 12.2 Å². The van der Waals surface area contributed by atoms with Gasteiger partial charge in [-0.2, -0.15) is 5.01 Å². The number of nitrogens with one attached hydrogen (secondary N) is 1. The topological polar surface area (TPSA) is 144 Å². The number of phenols is 1. The number of carbonyl (C=O) groups excluding carboxylic acids is 4. The van der Waals surface area contributed by atoms with Gasteiger partial charge < -0.3 is 24.1 Å². The highest BCUT2D eigenvalue weighted by atomic mass is 16.5. The van der Waals surface area contributed by atoms with Crippen LogP contribution in [0.1, 0.15) is 46.6 Å². The Kier molecular flexibility index (Phi) is 10.5. The first kappa shape index (κ1) is 41.0. The smallest absolute Gasteiger partial charge is 0.260 e. The number of hydrogen-bond donors (Lipinski definition) is 2. The van der Waals surface area contributed by atoms with Gasteiger partial charge in [-0.1, -0.05) is 84.0 Å². The largest absolute Gasteiger partial charge is 0.502 e. The molecular weight excluding hydrogens is 799 g/mol. The molecular formula is C51H47N3O9. The maximum absolute atomic E-state index is 15.5. The lowest BCUT2D eigenvalue weighted by Gasteiger charge is -2.50. The van der Waals surface area contributed by atoms with Gasteiger partial charge in [-0.25, -0.2) is 0 Å². The summed E-state index contributed by atoms with van der Waals surface area (Å²) in [6.07, 6.45) is 6.19. The summed E-state index contributed by atoms with van der Waals surface area (Å²) in [5.41, 5.74) is 7.22. The van der Waals surface area contributed by atoms with Crippen LogP contribution < -0.4 is 29.3 Å². The van der Waals surface area contributed by atoms with E-state index in [2.05, 4.69) is 5.43 Å². The number of carbonyl (C=O) groups is 4. The first-order chi connectivity index (χ1) is 30.5. The molecule has 1 saturated carbocycles. The molecule has 4 amide bonds. The highest BCUT2D eigenvalue weighted by Crippen LogP contribution is 2.65. The molecule has 3 fully saturated rings. The monoisotopic (exact) mass is 845 g/mol. The molecule has 2 aliphatic carbocycles. The van der Waals surface area contributed by atoms with Crippen molar-refractivity contribution in [2.45, 2.75) is 31.1 Å². The summed E-state index contributed by atoms with van der Waals surface area (Å²) >= 11 is 0. The fraction of sp³-hybridized carbons (Fsp3) is 0.255. The summed E-state index contributed by atoms with van der Waals surface area (Å²) < 4.78 is 22.2. The Hall–Kier alpha value is -7.34. The lowest BCUT2D eigenvalue weighted by atomic mass is 9.49. The molecule has 320 valence electrons. The van der Waals surface area contributed by atoms with Crippen LogP contribution >= 0.6 is 0 Å². The van der Waals surface area contributed by atoms with Crippen LogP contribution in [0.15, 0.2) is 121 Å². The number of benzene rings is 5. The summed E-state index contributed by atoms with van der Waals surface area (Å²) in [6.45, 7) is 1.95. The molecule has 2 N–H and O–H groups in total. The second-order valence-electron chi connectivity index (χ2n) is 16.4. The fourth-order valence-electron chi connectivity index (χ4n) is 10.3. The van der Waals surface area contributed by atoms with Crippen molar-refractivity contribution in [3.8, 4) is 28.7 Å². The van der Waals surface area contributed by atoms with Gasteiger partial charge in [-0.15, -0.1) is 0 Å². The van der Waals surface area contributed by atoms with Crippen molar-refractivity contribution in [1.29, 1.82) is 0 Å². The number of ether oxygens (including phenoxy) is 4. The predicted molar refractivity (Wildman–Crippen MR) is 237 cm³/mol. The Morgan fingerprint density at radius 1 is 0.714 bits per heavy atom. The molecule has 6 unspecified atom stereocenters. The molecule has 9 rings (SSSR count). The number of imide groups is 2. The maximum atomic E-state index is 15.5. The van der Waals surface area contributed by atoms with Gasteiger partial charge in [0.05, 0.1) is 63.0 Å². The molecule has 63 heavy (non-hydrogen) atoms. The summed E-state index contributed by atoms with van der Waals surface area (Å²) in [5, 5.41) is 12.2. The van der Waals surface area contributed by atoms with Gasteiger partial charge >= 0.3 is 0 Å². The molecule has 5 aromatic rings. The highest BCUT2D eigenvalue weighted by Gasteiger charge is 2.70. The van der Waals surface area contributed by atoms with E-state index in [9.17, 15) is 14.7 Å². The minimum absolute atomic E-state index is 0.117. The molecule has 0 spiro atoms. The van der Waals surface area contributed by atoms with E-state index in [0.29, 0.717) is 34.0 Å². The molecule has 0 aromatic heterocycles. The van der Waals surface area contributed by atoms with E-state index in [1.807, 2.05) is 110 Å². The average Bonchev–Trinajstić information content (AvgIpc) is 3.69. The number of aryl methyl sites for hydroxylation is 1. The standard InChI is InChI=1S/C51H47N3O9/c1-29-11-17-34(18-12-29)52-54-48(57)40-28-39-37(45(32-26-42(62-4)46(55)43(27-32)63-5)51(40,50(54)59)33-9-7-6-8-10-33)22-23-38-44(39)49(58)53(47(38)56)35-19-14-30(15-20-35)13-16-31-25-36(60-2)21-24-41(31)61-3/h6-22,24-27,38-40,44-45,52,55H,23,28H2,1-5H3. The second kappa shape index (κ2) is 16.2. The van der Waals surface area contributed by atoms with Gasteiger partial charge in [0.25, 0.3) is 11.8 Å². The van der Waals surface area contributed by atoms with Crippen molar-refractivity contribution in [3.63, 3.8) is 0 Å². The van der Waals surface area contributed by atoms with Gasteiger partial charge in [-0.05, 0) is 97.0 Å². The number of anilines is 2. The third-order valence-electron chi connectivity index (χ3n) is 13.3. The predicted octanol–water partition coefficient (Wildman–Crippen LogP) is 8.09. The molecule has 4 aliphatic rings. The number of allylic oxidation sites excluding steroid dienone is 2. The van der Waals surface area contributed by atoms with Gasteiger partial charge in [0.1, 0.15) is 11.5 Å². The Labute approximate surface area is 365 Å². The molecule has 0 radical (unpaired) electrons. The number of aromatic hydroxyl groups is 1. The summed E-state index contributed by atoms with van der Waals surface area (Å²) in [6, 6.07) is 32.7. The maximum Gasteiger partial charge on any atom is 0.260 e. The van der Waals surface area contributed by atoms with Crippen molar-refractivity contribution >= 4 is 47.2 Å². The SMILES string of the molecule is COc1ccc(OC)c(C=Cc2ccc(N3C(=O)C4CC=C5C(CC6C(=O)N(Nc7ccc(C)cc7)C(=O)C6(c6ccccc6)C5c5cc(OC)c(O)c(OC)c5)C4C3=O)cc2)c1. The van der Waals surface area contributed by atoms with Crippen LogP contribution in [0.5, 0.6) is 28.7 Å². The molecule has 12 heteroatoms. The first-order valence-corrected chi connectivity index (χ1v) is 20.8. The number of amides is 4. The van der Waals surface area contributed by atoms with Gasteiger partial charge in [0.15, 0.2) is 11.5 Å². The quantitative estimate of drug-likeness (QED) is 0.0761. The Morgan fingerprint density at radius 3 is 2.05 bits per heavy atom. The minimum atomic E-state index is -1.51. The van der Waals surface area contributed by atoms with E-state index in [1.54, 1.807) is 38.5 Å². The van der Waals surface area contributed by atoms with E-state index in [4.69, 9.17) is 18.9 Å². The van der Waals surface area contributed by atoms with Crippen LogP contribution in [0, 0.1) is 30.6 Å². The first-order valence-electron chi connectivity index (χ1n) is 20.8. The lowest BCUT2D eigenvalue weighted by molar-refractivity contribution is -0.138. The third kappa shape index (κ3) is 6.59. The van der Waals surface area contributed by atoms with Crippen molar-refractivity contribution in [2.24, 2.45) is 23.7 Å². The molecule has 2 aliphatic heterocycles. The van der Waals surface area contributed by atoms with E-state index >= 15 is 9.59 Å². The Morgan fingerprint density at radius 2 is 1.40 bits per heavy atom. The molecule has 5 aromatic carbocycles. The zero-order chi connectivity index (χ0) is 44.2. The Bertz CT molecular complexity index is 2670. The van der Waals surface area contributed by atoms with Crippen molar-refractivity contribution in [2.75, 3.05) is 38.8 Å². The number of nitrogens with zero attached hydrogens (tertiary/aromatic N) is 2. The summed E-state index contributed by atoms with van der Waals surface area (Å²) in [5.74, 6) is -4.10. The number of hydrogen-bond acceptors (Lipinski definition) is 10. The second-order valence-corrected chi connectivity index (χ2v) is 16.4. The van der Waals surface area contributed by atoms with E-state index in [0.717, 1.165) is 27.3 Å². The lowest BCUT2D eigenvalue weighted by Crippen LogP contribution is -2.53. The molecule has 2 heterocycles. The van der Waals surface area contributed by atoms with Crippen molar-refractivity contribution in [1.82, 2.24) is 5.01 Å². The normalized spacial score (nSPS) is 23.9. The van der Waals surface area contributed by atoms with E-state index in [1.165, 1.54) is 19.1 Å². The van der Waals surface area contributed by atoms with Crippen LogP contribution in [0.4, 0.5) is 11.4 Å². The molecule has 0 bridgehead atoms. The average molecular weight is 846 g/mol. The minimum Gasteiger partial charge on any atom is -0.502 e. The molecule has 12 nitrogen and oxygen atoms in total. The number of fused-ring (bicyclic) bond motifs is 4. The zero-order valence-electron chi connectivity index (χ0n) is 35.5. The summed E-state index contributed by atoms with van der Waals surface area (Å²) in [4.78, 5) is 61.3. The van der Waals surface area contributed by atoms with E-state index < -0.39 is 46.8 Å². The zero-order valence-corrected chi connectivity index (χ0v) is 35.5. The van der Waals surface area contributed by atoms with E-state index in [-0.39, 0.29) is 41.9 Å². The van der Waals surface area contributed by atoms with Crippen molar-refractivity contribution in [3.05, 3.63) is 149 Å². The highest BCUT2D eigenvalue weighted by molar-refractivity contribution is 6.22.